The number of hydrogen-bond acceptors (Lipinski definition) is 4. The van der Waals surface area contributed by atoms with Gasteiger partial charge in [0, 0.05) is 4.47 Å². The molecule has 0 unspecified atom stereocenters. The quantitative estimate of drug-likeness (QED) is 0.589. The lowest BCUT2D eigenvalue weighted by Crippen LogP contribution is -2.15. The van der Waals surface area contributed by atoms with Crippen molar-refractivity contribution in [2.24, 2.45) is 0 Å². The number of halogens is 2. The molecule has 8 heteroatoms. The minimum atomic E-state index is -3.76. The van der Waals surface area contributed by atoms with Crippen LogP contribution in [0, 0.1) is 6.92 Å². The minimum absolute atomic E-state index is 0.0224. The molecule has 0 spiro atoms. The van der Waals surface area contributed by atoms with Crippen molar-refractivity contribution in [2.45, 2.75) is 11.8 Å². The maximum atomic E-state index is 12.4. The van der Waals surface area contributed by atoms with Gasteiger partial charge in [-0.25, -0.2) is 13.4 Å². The summed E-state index contributed by atoms with van der Waals surface area (Å²) in [4.78, 5) is 4.16. The molecule has 0 saturated heterocycles. The van der Waals surface area contributed by atoms with E-state index in [2.05, 4.69) is 41.6 Å². The number of nitrogen functional groups attached to an aromatic ring is 1. The highest BCUT2D eigenvalue weighted by atomic mass is 79.9. The smallest absolute Gasteiger partial charge is 0.264 e. The third kappa shape index (κ3) is 3.31. The summed E-state index contributed by atoms with van der Waals surface area (Å²) in [5.74, 6) is 0. The number of rotatable bonds is 3. The van der Waals surface area contributed by atoms with E-state index in [1.807, 2.05) is 0 Å². The van der Waals surface area contributed by atoms with Crippen LogP contribution in [0.3, 0.4) is 0 Å². The number of sulfonamides is 1. The van der Waals surface area contributed by atoms with Crippen molar-refractivity contribution in [3.63, 3.8) is 0 Å². The van der Waals surface area contributed by atoms with Gasteiger partial charge in [0.1, 0.15) is 9.50 Å². The maximum absolute atomic E-state index is 12.4. The molecule has 2 aromatic rings. The standard InChI is InChI=1S/C12H11Br2N3O2S/c1-7-10(4-5-12(14)16-7)17-20(18,19)11-6-8(13)2-3-9(11)15/h2-6,17H,15H2,1H3. The molecule has 0 aliphatic rings. The molecule has 1 heterocycles. The highest BCUT2D eigenvalue weighted by Gasteiger charge is 2.19. The van der Waals surface area contributed by atoms with Crippen molar-refractivity contribution in [2.75, 3.05) is 10.5 Å². The molecule has 0 radical (unpaired) electrons. The first kappa shape index (κ1) is 15.3. The molecule has 0 atom stereocenters. The van der Waals surface area contributed by atoms with E-state index in [0.29, 0.717) is 20.5 Å². The monoisotopic (exact) mass is 419 g/mol. The Bertz CT molecular complexity index is 763. The van der Waals surface area contributed by atoms with E-state index in [1.165, 1.54) is 12.1 Å². The predicted octanol–water partition coefficient (Wildman–Crippen LogP) is 3.30. The summed E-state index contributed by atoms with van der Waals surface area (Å²) in [6.45, 7) is 1.72. The van der Waals surface area contributed by atoms with Gasteiger partial charge in [0.05, 0.1) is 17.1 Å². The van der Waals surface area contributed by atoms with E-state index in [9.17, 15) is 8.42 Å². The summed E-state index contributed by atoms with van der Waals surface area (Å²) in [6.07, 6.45) is 0. The zero-order chi connectivity index (χ0) is 14.9. The summed E-state index contributed by atoms with van der Waals surface area (Å²) in [5.41, 5.74) is 6.89. The zero-order valence-electron chi connectivity index (χ0n) is 10.4. The molecule has 0 fully saturated rings. The van der Waals surface area contributed by atoms with Crippen molar-refractivity contribution < 1.29 is 8.42 Å². The molecule has 5 nitrogen and oxygen atoms in total. The molecule has 106 valence electrons. The lowest BCUT2D eigenvalue weighted by molar-refractivity contribution is 0.601. The molecule has 0 saturated carbocycles. The third-order valence-electron chi connectivity index (χ3n) is 2.56. The van der Waals surface area contributed by atoms with Gasteiger partial charge < -0.3 is 5.73 Å². The van der Waals surface area contributed by atoms with E-state index in [-0.39, 0.29) is 10.6 Å². The SMILES string of the molecule is Cc1nc(Br)ccc1NS(=O)(=O)c1cc(Br)ccc1N. The van der Waals surface area contributed by atoms with Crippen LogP contribution in [0.25, 0.3) is 0 Å². The van der Waals surface area contributed by atoms with Crippen molar-refractivity contribution in [1.82, 2.24) is 4.98 Å². The Balaban J connectivity index is 2.43. The number of aromatic nitrogens is 1. The molecule has 20 heavy (non-hydrogen) atoms. The second kappa shape index (κ2) is 5.71. The average Bonchev–Trinajstić information content (AvgIpc) is 2.35. The summed E-state index contributed by atoms with van der Waals surface area (Å²) >= 11 is 6.46. The number of anilines is 2. The van der Waals surface area contributed by atoms with E-state index < -0.39 is 10.0 Å². The fraction of sp³-hybridized carbons (Fsp3) is 0.0833. The summed E-state index contributed by atoms with van der Waals surface area (Å²) < 4.78 is 28.5. The van der Waals surface area contributed by atoms with Crippen LogP contribution in [0.4, 0.5) is 11.4 Å². The lowest BCUT2D eigenvalue weighted by atomic mass is 10.3. The largest absolute Gasteiger partial charge is 0.398 e. The Hall–Kier alpha value is -1.12. The van der Waals surface area contributed by atoms with Crippen molar-refractivity contribution >= 4 is 53.3 Å². The molecule has 0 aliphatic carbocycles. The second-order valence-electron chi connectivity index (χ2n) is 4.05. The summed E-state index contributed by atoms with van der Waals surface area (Å²) in [5, 5.41) is 0. The first-order chi connectivity index (χ1) is 9.29. The van der Waals surface area contributed by atoms with E-state index in [0.717, 1.165) is 0 Å². The maximum Gasteiger partial charge on any atom is 0.264 e. The number of nitrogens with zero attached hydrogens (tertiary/aromatic N) is 1. The average molecular weight is 421 g/mol. The van der Waals surface area contributed by atoms with Crippen LogP contribution in [-0.2, 0) is 10.0 Å². The fourth-order valence-corrected chi connectivity index (χ4v) is 3.77. The number of nitrogens with two attached hydrogens (primary N) is 1. The molecule has 3 N–H and O–H groups in total. The summed E-state index contributed by atoms with van der Waals surface area (Å²) in [6, 6.07) is 7.97. The van der Waals surface area contributed by atoms with Crippen LogP contribution >= 0.6 is 31.9 Å². The van der Waals surface area contributed by atoms with Crippen LogP contribution in [0.15, 0.2) is 44.3 Å². The van der Waals surface area contributed by atoms with Gasteiger partial charge in [0.2, 0.25) is 0 Å². The lowest BCUT2D eigenvalue weighted by Gasteiger charge is -2.12. The van der Waals surface area contributed by atoms with Crippen LogP contribution in [0.5, 0.6) is 0 Å². The molecular weight excluding hydrogens is 410 g/mol. The Morgan fingerprint density at radius 2 is 1.90 bits per heavy atom. The van der Waals surface area contributed by atoms with Gasteiger partial charge >= 0.3 is 0 Å². The van der Waals surface area contributed by atoms with E-state index in [4.69, 9.17) is 5.73 Å². The molecule has 0 bridgehead atoms. The second-order valence-corrected chi connectivity index (χ2v) is 7.43. The first-order valence-corrected chi connectivity index (χ1v) is 8.57. The molecule has 2 rings (SSSR count). The highest BCUT2D eigenvalue weighted by Crippen LogP contribution is 2.26. The van der Waals surface area contributed by atoms with E-state index >= 15 is 0 Å². The third-order valence-corrected chi connectivity index (χ3v) is 4.92. The number of hydrogen-bond donors (Lipinski definition) is 2. The van der Waals surface area contributed by atoms with Gasteiger partial charge in [0.15, 0.2) is 0 Å². The van der Waals surface area contributed by atoms with E-state index in [1.54, 1.807) is 25.1 Å². The van der Waals surface area contributed by atoms with Crippen molar-refractivity contribution in [3.8, 4) is 0 Å². The van der Waals surface area contributed by atoms with Gasteiger partial charge in [-0.1, -0.05) is 15.9 Å². The van der Waals surface area contributed by atoms with Gasteiger partial charge in [-0.15, -0.1) is 0 Å². The number of aryl methyl sites for hydroxylation is 1. The minimum Gasteiger partial charge on any atom is -0.398 e. The Kier molecular flexibility index (Phi) is 4.36. The van der Waals surface area contributed by atoms with Gasteiger partial charge in [-0.05, 0) is 53.2 Å². The Morgan fingerprint density at radius 3 is 2.55 bits per heavy atom. The fourth-order valence-electron chi connectivity index (χ4n) is 1.58. The van der Waals surface area contributed by atoms with Crippen LogP contribution in [-0.4, -0.2) is 13.4 Å². The topological polar surface area (TPSA) is 85.1 Å². The van der Waals surface area contributed by atoms with Crippen molar-refractivity contribution in [1.29, 1.82) is 0 Å². The normalized spacial score (nSPS) is 11.3. The van der Waals surface area contributed by atoms with Crippen molar-refractivity contribution in [3.05, 3.63) is 45.1 Å². The van der Waals surface area contributed by atoms with Gasteiger partial charge in [0.25, 0.3) is 10.0 Å². The van der Waals surface area contributed by atoms with Gasteiger partial charge in [-0.2, -0.15) is 0 Å². The number of benzene rings is 1. The Morgan fingerprint density at radius 1 is 1.20 bits per heavy atom. The molecular formula is C12H11Br2N3O2S. The van der Waals surface area contributed by atoms with Crippen LogP contribution < -0.4 is 10.5 Å². The van der Waals surface area contributed by atoms with Crippen LogP contribution in [0.1, 0.15) is 5.69 Å². The number of nitrogens with one attached hydrogen (secondary N) is 1. The predicted molar refractivity (Wildman–Crippen MR) is 86.0 cm³/mol. The first-order valence-electron chi connectivity index (χ1n) is 5.50. The zero-order valence-corrected chi connectivity index (χ0v) is 14.4. The highest BCUT2D eigenvalue weighted by molar-refractivity contribution is 9.10. The molecule has 0 aliphatic heterocycles. The molecule has 1 aromatic heterocycles. The Labute approximate surface area is 133 Å². The van der Waals surface area contributed by atoms with Crippen LogP contribution in [0.2, 0.25) is 0 Å². The molecule has 0 amide bonds. The summed E-state index contributed by atoms with van der Waals surface area (Å²) in [7, 11) is -3.76. The number of pyridine rings is 1. The van der Waals surface area contributed by atoms with Gasteiger partial charge in [-0.3, -0.25) is 4.72 Å². The molecule has 1 aromatic carbocycles.